The van der Waals surface area contributed by atoms with Crippen LogP contribution in [0.5, 0.6) is 0 Å². The van der Waals surface area contributed by atoms with Crippen LogP contribution < -0.4 is 0 Å². The molecule has 0 aromatic carbocycles. The van der Waals surface area contributed by atoms with E-state index >= 15 is 0 Å². The molecule has 1 saturated carbocycles. The van der Waals surface area contributed by atoms with Crippen molar-refractivity contribution in [3.8, 4) is 0 Å². The first-order chi connectivity index (χ1) is 9.60. The maximum Gasteiger partial charge on any atom is 0.312 e. The molecule has 2 aliphatic rings. The smallest absolute Gasteiger partial charge is 0.312 e. The quantitative estimate of drug-likeness (QED) is 0.632. The van der Waals surface area contributed by atoms with E-state index in [1.807, 2.05) is 0 Å². The van der Waals surface area contributed by atoms with Crippen LogP contribution in [0.15, 0.2) is 0 Å². The highest BCUT2D eigenvalue weighted by molar-refractivity contribution is 5.76. The van der Waals surface area contributed by atoms with E-state index in [-0.39, 0.29) is 19.1 Å². The summed E-state index contributed by atoms with van der Waals surface area (Å²) in [6, 6.07) is 0. The molecule has 0 bridgehead atoms. The maximum absolute atomic E-state index is 11.7. The second kappa shape index (κ2) is 6.87. The molecule has 5 nitrogen and oxygen atoms in total. The third-order valence-corrected chi connectivity index (χ3v) is 4.42. The Hall–Kier alpha value is -0.650. The van der Waals surface area contributed by atoms with Gasteiger partial charge in [0.15, 0.2) is 0 Å². The van der Waals surface area contributed by atoms with Crippen LogP contribution in [0.2, 0.25) is 0 Å². The van der Waals surface area contributed by atoms with Crippen molar-refractivity contribution in [1.29, 1.82) is 0 Å². The van der Waals surface area contributed by atoms with Crippen LogP contribution in [0.1, 0.15) is 45.4 Å². The average molecular weight is 286 g/mol. The second-order valence-electron chi connectivity index (χ2n) is 6.13. The van der Waals surface area contributed by atoms with Crippen LogP contribution in [0, 0.1) is 11.3 Å². The van der Waals surface area contributed by atoms with Gasteiger partial charge in [-0.3, -0.25) is 4.79 Å². The summed E-state index contributed by atoms with van der Waals surface area (Å²) in [5.41, 5.74) is -0.922. The lowest BCUT2D eigenvalue weighted by atomic mass is 9.74. The van der Waals surface area contributed by atoms with Crippen molar-refractivity contribution < 1.29 is 24.5 Å². The maximum atomic E-state index is 11.7. The number of carboxylic acids is 1. The fourth-order valence-corrected chi connectivity index (χ4v) is 3.14. The van der Waals surface area contributed by atoms with E-state index in [1.165, 1.54) is 0 Å². The number of ether oxygens (including phenoxy) is 2. The minimum Gasteiger partial charge on any atom is -0.481 e. The molecule has 0 aromatic rings. The lowest BCUT2D eigenvalue weighted by Gasteiger charge is -2.31. The summed E-state index contributed by atoms with van der Waals surface area (Å²) in [5.74, 6) is -0.471. The molecule has 5 heteroatoms. The predicted octanol–water partition coefficient (Wildman–Crippen LogP) is 1.82. The van der Waals surface area contributed by atoms with Crippen LogP contribution in [-0.2, 0) is 14.3 Å². The van der Waals surface area contributed by atoms with Gasteiger partial charge in [0, 0.05) is 13.2 Å². The van der Waals surface area contributed by atoms with Gasteiger partial charge in [-0.2, -0.15) is 0 Å². The first-order valence-electron chi connectivity index (χ1n) is 7.71. The molecule has 2 N–H and O–H groups in total. The van der Waals surface area contributed by atoms with Crippen molar-refractivity contribution >= 4 is 5.97 Å². The van der Waals surface area contributed by atoms with E-state index in [9.17, 15) is 15.0 Å². The van der Waals surface area contributed by atoms with Crippen LogP contribution in [0.4, 0.5) is 0 Å². The van der Waals surface area contributed by atoms with Gasteiger partial charge in [-0.05, 0) is 38.0 Å². The first kappa shape index (κ1) is 15.7. The van der Waals surface area contributed by atoms with Gasteiger partial charge in [-0.15, -0.1) is 0 Å². The molecule has 20 heavy (non-hydrogen) atoms. The lowest BCUT2D eigenvalue weighted by Crippen LogP contribution is -2.43. The Morgan fingerprint density at radius 3 is 2.85 bits per heavy atom. The van der Waals surface area contributed by atoms with E-state index in [0.717, 1.165) is 25.7 Å². The van der Waals surface area contributed by atoms with Gasteiger partial charge in [-0.1, -0.05) is 13.3 Å². The number of aliphatic hydroxyl groups is 1. The van der Waals surface area contributed by atoms with Gasteiger partial charge >= 0.3 is 5.97 Å². The third kappa shape index (κ3) is 3.51. The molecule has 2 fully saturated rings. The third-order valence-electron chi connectivity index (χ3n) is 4.42. The molecular formula is C15H26O5. The van der Waals surface area contributed by atoms with Gasteiger partial charge in [0.25, 0.3) is 0 Å². The zero-order chi connectivity index (χ0) is 14.6. The number of rotatable bonds is 9. The topological polar surface area (TPSA) is 76.0 Å². The summed E-state index contributed by atoms with van der Waals surface area (Å²) in [5, 5.41) is 19.7. The summed E-state index contributed by atoms with van der Waals surface area (Å²) in [7, 11) is 0. The van der Waals surface area contributed by atoms with Crippen LogP contribution >= 0.6 is 0 Å². The molecule has 0 aromatic heterocycles. The summed E-state index contributed by atoms with van der Waals surface area (Å²) in [6.07, 6.45) is 3.87. The minimum atomic E-state index is -0.922. The number of unbranched alkanes of at least 4 members (excludes halogenated alkanes) is 1. The van der Waals surface area contributed by atoms with Gasteiger partial charge in [0.1, 0.15) is 0 Å². The SMILES string of the molecule is CCCCOCC(O)CC1(C(=O)O)CCOC1C1CC1. The number of aliphatic carboxylic acids is 1. The van der Waals surface area contributed by atoms with Crippen molar-refractivity contribution in [3.63, 3.8) is 0 Å². The van der Waals surface area contributed by atoms with E-state index in [0.29, 0.717) is 25.6 Å². The molecule has 3 unspecified atom stereocenters. The summed E-state index contributed by atoms with van der Waals surface area (Å²) in [4.78, 5) is 11.7. The first-order valence-corrected chi connectivity index (χ1v) is 7.71. The lowest BCUT2D eigenvalue weighted by molar-refractivity contribution is -0.156. The monoisotopic (exact) mass is 286 g/mol. The van der Waals surface area contributed by atoms with Crippen molar-refractivity contribution in [2.75, 3.05) is 19.8 Å². The van der Waals surface area contributed by atoms with Crippen LogP contribution in [-0.4, -0.2) is 48.2 Å². The van der Waals surface area contributed by atoms with E-state index in [1.54, 1.807) is 0 Å². The van der Waals surface area contributed by atoms with E-state index < -0.39 is 17.5 Å². The highest BCUT2D eigenvalue weighted by Gasteiger charge is 2.56. The summed E-state index contributed by atoms with van der Waals surface area (Å²) < 4.78 is 11.1. The number of hydrogen-bond acceptors (Lipinski definition) is 4. The average Bonchev–Trinajstić information content (AvgIpc) is 3.16. The van der Waals surface area contributed by atoms with Crippen LogP contribution in [0.25, 0.3) is 0 Å². The van der Waals surface area contributed by atoms with E-state index in [4.69, 9.17) is 9.47 Å². The standard InChI is InChI=1S/C15H26O5/c1-2-3-7-19-10-12(16)9-15(14(17)18)6-8-20-13(15)11-4-5-11/h11-13,16H,2-10H2,1H3,(H,17,18). The molecule has 2 rings (SSSR count). The highest BCUT2D eigenvalue weighted by Crippen LogP contribution is 2.50. The molecule has 0 radical (unpaired) electrons. The molecule has 116 valence electrons. The van der Waals surface area contributed by atoms with Crippen molar-refractivity contribution in [3.05, 3.63) is 0 Å². The number of carboxylic acid groups (broad SMARTS) is 1. The molecule has 3 atom stereocenters. The molecule has 1 saturated heterocycles. The molecule has 1 aliphatic heterocycles. The molecule has 1 heterocycles. The van der Waals surface area contributed by atoms with Gasteiger partial charge in [0.05, 0.1) is 24.2 Å². The zero-order valence-corrected chi connectivity index (χ0v) is 12.2. The second-order valence-corrected chi connectivity index (χ2v) is 6.13. The minimum absolute atomic E-state index is 0.215. The fraction of sp³-hybridized carbons (Fsp3) is 0.933. The summed E-state index contributed by atoms with van der Waals surface area (Å²) >= 11 is 0. The summed E-state index contributed by atoms with van der Waals surface area (Å²) in [6.45, 7) is 3.40. The Labute approximate surface area is 120 Å². The number of carbonyl (C=O) groups is 1. The Balaban J connectivity index is 1.90. The van der Waals surface area contributed by atoms with Crippen molar-refractivity contribution in [2.24, 2.45) is 11.3 Å². The van der Waals surface area contributed by atoms with Gasteiger partial charge in [0.2, 0.25) is 0 Å². The zero-order valence-electron chi connectivity index (χ0n) is 12.2. The number of aliphatic hydroxyl groups excluding tert-OH is 1. The van der Waals surface area contributed by atoms with Gasteiger partial charge < -0.3 is 19.7 Å². The van der Waals surface area contributed by atoms with Crippen molar-refractivity contribution in [1.82, 2.24) is 0 Å². The van der Waals surface area contributed by atoms with E-state index in [2.05, 4.69) is 6.92 Å². The molecule has 1 aliphatic carbocycles. The molecular weight excluding hydrogens is 260 g/mol. The Morgan fingerprint density at radius 1 is 1.50 bits per heavy atom. The van der Waals surface area contributed by atoms with Crippen molar-refractivity contribution in [2.45, 2.75) is 57.7 Å². The predicted molar refractivity (Wildman–Crippen MR) is 73.5 cm³/mol. The Bertz CT molecular complexity index is 328. The molecule has 0 spiro atoms. The Kier molecular flexibility index (Phi) is 5.41. The normalized spacial score (nSPS) is 31.4. The van der Waals surface area contributed by atoms with Gasteiger partial charge in [-0.25, -0.2) is 0 Å². The van der Waals surface area contributed by atoms with Crippen LogP contribution in [0.3, 0.4) is 0 Å². The highest BCUT2D eigenvalue weighted by atomic mass is 16.5. The largest absolute Gasteiger partial charge is 0.481 e. The number of hydrogen-bond donors (Lipinski definition) is 2. The Morgan fingerprint density at radius 2 is 2.25 bits per heavy atom. The molecule has 0 amide bonds. The fourth-order valence-electron chi connectivity index (χ4n) is 3.14.